The summed E-state index contributed by atoms with van der Waals surface area (Å²) in [6.45, 7) is 7.48. The van der Waals surface area contributed by atoms with E-state index in [0.29, 0.717) is 32.1 Å². The van der Waals surface area contributed by atoms with Gasteiger partial charge in [0.15, 0.2) is 11.6 Å². The lowest BCUT2D eigenvalue weighted by molar-refractivity contribution is -0.0269. The first-order valence-electron chi connectivity index (χ1n) is 8.40. The molecule has 134 valence electrons. The molecular weight excluding hydrogens is 324 g/mol. The second-order valence-corrected chi connectivity index (χ2v) is 6.22. The van der Waals surface area contributed by atoms with Gasteiger partial charge in [-0.1, -0.05) is 13.8 Å². The zero-order chi connectivity index (χ0) is 18.0. The number of aryl methyl sites for hydroxylation is 1. The molecule has 0 radical (unpaired) electrons. The lowest BCUT2D eigenvalue weighted by atomic mass is 10.2. The molecule has 1 atom stereocenters. The fraction of sp³-hybridized carbons (Fsp3) is 0.562. The van der Waals surface area contributed by atoms with Crippen LogP contribution >= 0.6 is 0 Å². The first-order chi connectivity index (χ1) is 12.0. The maximum absolute atomic E-state index is 12.7. The number of morpholine rings is 1. The summed E-state index contributed by atoms with van der Waals surface area (Å²) in [7, 11) is 0. The largest absolute Gasteiger partial charge is 0.367 e. The van der Waals surface area contributed by atoms with Crippen molar-refractivity contribution < 1.29 is 9.53 Å². The predicted molar refractivity (Wildman–Crippen MR) is 89.2 cm³/mol. The van der Waals surface area contributed by atoms with Crippen LogP contribution in [0.25, 0.3) is 0 Å². The number of nitrogens with one attached hydrogen (secondary N) is 1. The van der Waals surface area contributed by atoms with Gasteiger partial charge in [-0.25, -0.2) is 9.67 Å². The van der Waals surface area contributed by atoms with Crippen molar-refractivity contribution in [2.24, 2.45) is 0 Å². The Kier molecular flexibility index (Phi) is 4.93. The Morgan fingerprint density at radius 1 is 1.44 bits per heavy atom. The Morgan fingerprint density at radius 2 is 2.24 bits per heavy atom. The first kappa shape index (κ1) is 17.3. The predicted octanol–water partition coefficient (Wildman–Crippen LogP) is 0.718. The minimum absolute atomic E-state index is 0.214. The Morgan fingerprint density at radius 3 is 2.92 bits per heavy atom. The zero-order valence-corrected chi connectivity index (χ0v) is 14.6. The Hall–Kier alpha value is -2.55. The summed E-state index contributed by atoms with van der Waals surface area (Å²) >= 11 is 0. The third-order valence-corrected chi connectivity index (χ3v) is 4.08. The van der Waals surface area contributed by atoms with Crippen LogP contribution in [0.3, 0.4) is 0 Å². The van der Waals surface area contributed by atoms with Crippen molar-refractivity contribution in [3.8, 4) is 0 Å². The second kappa shape index (κ2) is 7.14. The zero-order valence-electron chi connectivity index (χ0n) is 14.6. The van der Waals surface area contributed by atoms with Gasteiger partial charge in [0.1, 0.15) is 11.8 Å². The highest BCUT2D eigenvalue weighted by molar-refractivity contribution is 5.92. The van der Waals surface area contributed by atoms with Gasteiger partial charge in [-0.05, 0) is 13.0 Å². The van der Waals surface area contributed by atoms with E-state index >= 15 is 0 Å². The SMILES string of the molecule is CCn1nc(C(=O)N2CCOC(c3nc(C(C)C)n[nH]3)C2)ccc1=O. The number of hydrogen-bond donors (Lipinski definition) is 1. The third-order valence-electron chi connectivity index (χ3n) is 4.08. The summed E-state index contributed by atoms with van der Waals surface area (Å²) < 4.78 is 7.01. The maximum Gasteiger partial charge on any atom is 0.274 e. The Bertz CT molecular complexity index is 812. The normalized spacial score (nSPS) is 17.9. The molecule has 1 fully saturated rings. The van der Waals surface area contributed by atoms with Gasteiger partial charge in [-0.2, -0.15) is 10.2 Å². The van der Waals surface area contributed by atoms with Crippen molar-refractivity contribution in [2.75, 3.05) is 19.7 Å². The lowest BCUT2D eigenvalue weighted by Gasteiger charge is -2.31. The molecule has 9 nitrogen and oxygen atoms in total. The van der Waals surface area contributed by atoms with Gasteiger partial charge in [-0.3, -0.25) is 14.7 Å². The number of aromatic nitrogens is 5. The maximum atomic E-state index is 12.7. The summed E-state index contributed by atoms with van der Waals surface area (Å²) in [4.78, 5) is 30.5. The second-order valence-electron chi connectivity index (χ2n) is 6.22. The molecular formula is C16H22N6O3. The number of rotatable bonds is 4. The highest BCUT2D eigenvalue weighted by Gasteiger charge is 2.29. The number of carbonyl (C=O) groups is 1. The summed E-state index contributed by atoms with van der Waals surface area (Å²) in [5.74, 6) is 1.33. The average molecular weight is 346 g/mol. The highest BCUT2D eigenvalue weighted by Crippen LogP contribution is 2.21. The summed E-state index contributed by atoms with van der Waals surface area (Å²) in [5, 5.41) is 11.2. The average Bonchev–Trinajstić information content (AvgIpc) is 3.12. The van der Waals surface area contributed by atoms with Gasteiger partial charge < -0.3 is 9.64 Å². The van der Waals surface area contributed by atoms with Crippen LogP contribution in [0.15, 0.2) is 16.9 Å². The van der Waals surface area contributed by atoms with Gasteiger partial charge in [0.2, 0.25) is 0 Å². The Labute approximate surface area is 145 Å². The van der Waals surface area contributed by atoms with Crippen molar-refractivity contribution in [1.82, 2.24) is 29.9 Å². The lowest BCUT2D eigenvalue weighted by Crippen LogP contribution is -2.43. The van der Waals surface area contributed by atoms with E-state index < -0.39 is 0 Å². The van der Waals surface area contributed by atoms with Gasteiger partial charge >= 0.3 is 0 Å². The number of ether oxygens (including phenoxy) is 1. The first-order valence-corrected chi connectivity index (χ1v) is 8.40. The van der Waals surface area contributed by atoms with Crippen molar-refractivity contribution in [1.29, 1.82) is 0 Å². The van der Waals surface area contributed by atoms with E-state index in [0.717, 1.165) is 5.82 Å². The topological polar surface area (TPSA) is 106 Å². The molecule has 1 unspecified atom stereocenters. The number of amides is 1. The third kappa shape index (κ3) is 3.60. The van der Waals surface area contributed by atoms with Gasteiger partial charge in [0, 0.05) is 25.1 Å². The molecule has 1 aliphatic heterocycles. The monoisotopic (exact) mass is 346 g/mol. The number of H-pyrrole nitrogens is 1. The standard InChI is InChI=1S/C16H22N6O3/c1-4-22-13(23)6-5-11(20-22)16(24)21-7-8-25-12(9-21)15-17-14(10(2)3)18-19-15/h5-6,10,12H,4,7-9H2,1-3H3,(H,17,18,19). The van der Waals surface area contributed by atoms with E-state index in [-0.39, 0.29) is 29.2 Å². The van der Waals surface area contributed by atoms with Crippen molar-refractivity contribution in [3.05, 3.63) is 39.8 Å². The molecule has 0 aliphatic carbocycles. The van der Waals surface area contributed by atoms with Crippen molar-refractivity contribution in [2.45, 2.75) is 39.3 Å². The Balaban J connectivity index is 1.76. The molecule has 0 saturated carbocycles. The highest BCUT2D eigenvalue weighted by atomic mass is 16.5. The van der Waals surface area contributed by atoms with Crippen LogP contribution < -0.4 is 5.56 Å². The fourth-order valence-corrected chi connectivity index (χ4v) is 2.64. The quantitative estimate of drug-likeness (QED) is 0.874. The smallest absolute Gasteiger partial charge is 0.274 e. The van der Waals surface area contributed by atoms with E-state index in [4.69, 9.17) is 4.74 Å². The van der Waals surface area contributed by atoms with Crippen LogP contribution in [0.4, 0.5) is 0 Å². The van der Waals surface area contributed by atoms with Crippen LogP contribution in [0.5, 0.6) is 0 Å². The van der Waals surface area contributed by atoms with E-state index in [2.05, 4.69) is 20.3 Å². The summed E-state index contributed by atoms with van der Waals surface area (Å²) in [6.07, 6.45) is -0.352. The van der Waals surface area contributed by atoms with Crippen LogP contribution in [0.1, 0.15) is 54.9 Å². The molecule has 1 N–H and O–H groups in total. The van der Waals surface area contributed by atoms with Gasteiger partial charge in [0.25, 0.3) is 11.5 Å². The molecule has 3 rings (SSSR count). The molecule has 1 amide bonds. The van der Waals surface area contributed by atoms with Crippen molar-refractivity contribution >= 4 is 5.91 Å². The summed E-state index contributed by atoms with van der Waals surface area (Å²) in [5.41, 5.74) is 0.0318. The van der Waals surface area contributed by atoms with E-state index in [1.807, 2.05) is 20.8 Å². The fourth-order valence-electron chi connectivity index (χ4n) is 2.64. The number of carbonyl (C=O) groups excluding carboxylic acids is 1. The van der Waals surface area contributed by atoms with Gasteiger partial charge in [0.05, 0.1) is 13.2 Å². The molecule has 1 saturated heterocycles. The van der Waals surface area contributed by atoms with Crippen LogP contribution in [-0.2, 0) is 11.3 Å². The minimum atomic E-state index is -0.352. The number of nitrogens with zero attached hydrogens (tertiary/aromatic N) is 5. The molecule has 0 aromatic carbocycles. The van der Waals surface area contributed by atoms with Crippen LogP contribution in [-0.4, -0.2) is 55.5 Å². The van der Waals surface area contributed by atoms with Crippen molar-refractivity contribution in [3.63, 3.8) is 0 Å². The molecule has 9 heteroatoms. The number of hydrogen-bond acceptors (Lipinski definition) is 6. The summed E-state index contributed by atoms with van der Waals surface area (Å²) in [6, 6.07) is 2.83. The number of aromatic amines is 1. The molecule has 2 aromatic heterocycles. The molecule has 1 aliphatic rings. The minimum Gasteiger partial charge on any atom is -0.367 e. The molecule has 2 aromatic rings. The molecule has 0 spiro atoms. The van der Waals surface area contributed by atoms with E-state index in [1.165, 1.54) is 16.8 Å². The molecule has 3 heterocycles. The molecule has 0 bridgehead atoms. The van der Waals surface area contributed by atoms with Crippen LogP contribution in [0, 0.1) is 0 Å². The van der Waals surface area contributed by atoms with Crippen LogP contribution in [0.2, 0.25) is 0 Å². The van der Waals surface area contributed by atoms with E-state index in [9.17, 15) is 9.59 Å². The van der Waals surface area contributed by atoms with Gasteiger partial charge in [-0.15, -0.1) is 0 Å². The molecule has 25 heavy (non-hydrogen) atoms. The van der Waals surface area contributed by atoms with E-state index in [1.54, 1.807) is 4.90 Å².